The number of likely N-dealkylation sites (tertiary alicyclic amines) is 1. The normalized spacial score (nSPS) is 19.6. The SMILES string of the molecule is COc1nc(NC2CC(=O)N(C)C2)ncc1F. The molecule has 92 valence electrons. The summed E-state index contributed by atoms with van der Waals surface area (Å²) >= 11 is 0. The largest absolute Gasteiger partial charge is 0.479 e. The molecule has 1 aliphatic heterocycles. The van der Waals surface area contributed by atoms with Crippen molar-refractivity contribution in [3.63, 3.8) is 0 Å². The van der Waals surface area contributed by atoms with Crippen LogP contribution in [0.4, 0.5) is 10.3 Å². The van der Waals surface area contributed by atoms with Crippen molar-refractivity contribution in [1.82, 2.24) is 14.9 Å². The quantitative estimate of drug-likeness (QED) is 0.821. The molecule has 7 heteroatoms. The number of amides is 1. The number of ether oxygens (including phenoxy) is 1. The second-order valence-corrected chi connectivity index (χ2v) is 3.87. The molecule has 1 fully saturated rings. The third-order valence-corrected chi connectivity index (χ3v) is 2.58. The van der Waals surface area contributed by atoms with Gasteiger partial charge in [-0.25, -0.2) is 4.98 Å². The number of hydrogen-bond donors (Lipinski definition) is 1. The van der Waals surface area contributed by atoms with Crippen molar-refractivity contribution >= 4 is 11.9 Å². The molecular weight excluding hydrogens is 227 g/mol. The standard InChI is InChI=1S/C10H13FN4O2/c1-15-5-6(3-8(15)16)13-10-12-4-7(11)9(14-10)17-2/h4,6H,3,5H2,1-2H3,(H,12,13,14). The Hall–Kier alpha value is -1.92. The van der Waals surface area contributed by atoms with Crippen LogP contribution in [0.5, 0.6) is 5.88 Å². The smallest absolute Gasteiger partial charge is 0.255 e. The van der Waals surface area contributed by atoms with E-state index in [-0.39, 0.29) is 23.8 Å². The van der Waals surface area contributed by atoms with Crippen LogP contribution in [-0.4, -0.2) is 47.5 Å². The van der Waals surface area contributed by atoms with E-state index in [4.69, 9.17) is 4.74 Å². The third kappa shape index (κ3) is 2.43. The molecule has 0 spiro atoms. The van der Waals surface area contributed by atoms with Gasteiger partial charge >= 0.3 is 0 Å². The van der Waals surface area contributed by atoms with Crippen LogP contribution in [0.3, 0.4) is 0 Å². The molecule has 1 aliphatic rings. The number of nitrogens with zero attached hydrogens (tertiary/aromatic N) is 3. The number of likely N-dealkylation sites (N-methyl/N-ethyl adjacent to an activating group) is 1. The van der Waals surface area contributed by atoms with Gasteiger partial charge in [-0.3, -0.25) is 4.79 Å². The predicted molar refractivity (Wildman–Crippen MR) is 58.2 cm³/mol. The van der Waals surface area contributed by atoms with Crippen molar-refractivity contribution in [3.8, 4) is 5.88 Å². The molecule has 6 nitrogen and oxygen atoms in total. The molecule has 0 saturated carbocycles. The molecule has 17 heavy (non-hydrogen) atoms. The monoisotopic (exact) mass is 240 g/mol. The number of hydrogen-bond acceptors (Lipinski definition) is 5. The van der Waals surface area contributed by atoms with Crippen LogP contribution >= 0.6 is 0 Å². The van der Waals surface area contributed by atoms with Crippen LogP contribution in [0.15, 0.2) is 6.20 Å². The highest BCUT2D eigenvalue weighted by atomic mass is 19.1. The maximum absolute atomic E-state index is 13.1. The average Bonchev–Trinajstić information content (AvgIpc) is 2.61. The lowest BCUT2D eigenvalue weighted by atomic mass is 10.3. The highest BCUT2D eigenvalue weighted by molar-refractivity contribution is 5.79. The maximum atomic E-state index is 13.1. The summed E-state index contributed by atoms with van der Waals surface area (Å²) in [6.45, 7) is 0.585. The first-order valence-electron chi connectivity index (χ1n) is 5.17. The first-order valence-corrected chi connectivity index (χ1v) is 5.17. The molecule has 1 aromatic heterocycles. The van der Waals surface area contributed by atoms with Crippen LogP contribution in [-0.2, 0) is 4.79 Å². The summed E-state index contributed by atoms with van der Waals surface area (Å²) in [7, 11) is 3.07. The van der Waals surface area contributed by atoms with Crippen LogP contribution in [0.2, 0.25) is 0 Å². The minimum atomic E-state index is -0.613. The number of rotatable bonds is 3. The molecule has 1 aromatic rings. The molecule has 0 aliphatic carbocycles. The third-order valence-electron chi connectivity index (χ3n) is 2.58. The Kier molecular flexibility index (Phi) is 3.08. The molecule has 1 atom stereocenters. The van der Waals surface area contributed by atoms with Crippen LogP contribution < -0.4 is 10.1 Å². The van der Waals surface area contributed by atoms with Gasteiger partial charge in [0.2, 0.25) is 17.7 Å². The van der Waals surface area contributed by atoms with Crippen molar-refractivity contribution in [2.45, 2.75) is 12.5 Å². The Morgan fingerprint density at radius 1 is 1.65 bits per heavy atom. The summed E-state index contributed by atoms with van der Waals surface area (Å²) in [5.74, 6) is -0.397. The summed E-state index contributed by atoms with van der Waals surface area (Å²) in [4.78, 5) is 20.6. The zero-order chi connectivity index (χ0) is 12.4. The average molecular weight is 240 g/mol. The van der Waals surface area contributed by atoms with Crippen molar-refractivity contribution < 1.29 is 13.9 Å². The minimum absolute atomic E-state index is 0.0531. The molecule has 1 N–H and O–H groups in total. The molecule has 1 unspecified atom stereocenters. The van der Waals surface area contributed by atoms with Gasteiger partial charge in [-0.15, -0.1) is 0 Å². The fourth-order valence-electron chi connectivity index (χ4n) is 1.71. The summed E-state index contributed by atoms with van der Waals surface area (Å²) in [5.41, 5.74) is 0. The van der Waals surface area contributed by atoms with Crippen LogP contribution in [0, 0.1) is 5.82 Å². The lowest BCUT2D eigenvalue weighted by Gasteiger charge is -2.12. The van der Waals surface area contributed by atoms with E-state index >= 15 is 0 Å². The van der Waals surface area contributed by atoms with Gasteiger partial charge < -0.3 is 15.0 Å². The number of halogens is 1. The molecule has 0 bridgehead atoms. The van der Waals surface area contributed by atoms with Crippen LogP contribution in [0.1, 0.15) is 6.42 Å². The predicted octanol–water partition coefficient (Wildman–Crippen LogP) is 0.267. The van der Waals surface area contributed by atoms with E-state index in [0.717, 1.165) is 6.20 Å². The van der Waals surface area contributed by atoms with Crippen molar-refractivity contribution in [1.29, 1.82) is 0 Å². The molecule has 0 aromatic carbocycles. The van der Waals surface area contributed by atoms with Gasteiger partial charge in [0, 0.05) is 20.0 Å². The van der Waals surface area contributed by atoms with Crippen molar-refractivity contribution in [2.24, 2.45) is 0 Å². The van der Waals surface area contributed by atoms with Gasteiger partial charge in [0.15, 0.2) is 0 Å². The van der Waals surface area contributed by atoms with E-state index in [0.29, 0.717) is 13.0 Å². The zero-order valence-corrected chi connectivity index (χ0v) is 9.61. The summed E-state index contributed by atoms with van der Waals surface area (Å²) in [6.07, 6.45) is 1.42. The van der Waals surface area contributed by atoms with Gasteiger partial charge in [0.25, 0.3) is 5.88 Å². The first kappa shape index (κ1) is 11.6. The molecule has 2 heterocycles. The molecule has 1 amide bonds. The maximum Gasteiger partial charge on any atom is 0.255 e. The van der Waals surface area contributed by atoms with E-state index in [9.17, 15) is 9.18 Å². The summed E-state index contributed by atoms with van der Waals surface area (Å²) in [6, 6.07) is -0.0531. The zero-order valence-electron chi connectivity index (χ0n) is 9.61. The van der Waals surface area contributed by atoms with E-state index < -0.39 is 5.82 Å². The number of carbonyl (C=O) groups is 1. The number of methoxy groups -OCH3 is 1. The van der Waals surface area contributed by atoms with Crippen molar-refractivity contribution in [3.05, 3.63) is 12.0 Å². The summed E-state index contributed by atoms with van der Waals surface area (Å²) < 4.78 is 17.8. The fourth-order valence-corrected chi connectivity index (χ4v) is 1.71. The molecule has 2 rings (SSSR count). The van der Waals surface area contributed by atoms with E-state index in [1.807, 2.05) is 0 Å². The van der Waals surface area contributed by atoms with Gasteiger partial charge in [-0.1, -0.05) is 0 Å². The Morgan fingerprint density at radius 3 is 3.00 bits per heavy atom. The summed E-state index contributed by atoms with van der Waals surface area (Å²) in [5, 5.41) is 2.97. The van der Waals surface area contributed by atoms with Crippen LogP contribution in [0.25, 0.3) is 0 Å². The Bertz CT molecular complexity index is 440. The molecule has 1 saturated heterocycles. The highest BCUT2D eigenvalue weighted by Gasteiger charge is 2.27. The number of carbonyl (C=O) groups excluding carboxylic acids is 1. The Balaban J connectivity index is 2.07. The Morgan fingerprint density at radius 2 is 2.41 bits per heavy atom. The van der Waals surface area contributed by atoms with E-state index in [1.54, 1.807) is 11.9 Å². The van der Waals surface area contributed by atoms with Gasteiger partial charge in [0.05, 0.1) is 19.3 Å². The second kappa shape index (κ2) is 4.52. The number of anilines is 1. The van der Waals surface area contributed by atoms with E-state index in [1.165, 1.54) is 7.11 Å². The first-order chi connectivity index (χ1) is 8.10. The van der Waals surface area contributed by atoms with Crippen molar-refractivity contribution in [2.75, 3.05) is 26.0 Å². The number of nitrogens with one attached hydrogen (secondary N) is 1. The lowest BCUT2D eigenvalue weighted by Crippen LogP contribution is -2.25. The number of aromatic nitrogens is 2. The van der Waals surface area contributed by atoms with E-state index in [2.05, 4.69) is 15.3 Å². The van der Waals surface area contributed by atoms with Gasteiger partial charge in [-0.05, 0) is 0 Å². The topological polar surface area (TPSA) is 67.3 Å². The Labute approximate surface area is 97.8 Å². The van der Waals surface area contributed by atoms with Gasteiger partial charge in [-0.2, -0.15) is 9.37 Å². The minimum Gasteiger partial charge on any atom is -0.479 e. The molecule has 0 radical (unpaired) electrons. The van der Waals surface area contributed by atoms with Gasteiger partial charge in [0.1, 0.15) is 0 Å². The lowest BCUT2D eigenvalue weighted by molar-refractivity contribution is -0.126. The second-order valence-electron chi connectivity index (χ2n) is 3.87. The highest BCUT2D eigenvalue weighted by Crippen LogP contribution is 2.17. The fraction of sp³-hybridized carbons (Fsp3) is 0.500. The molecular formula is C10H13FN4O2.